The van der Waals surface area contributed by atoms with Gasteiger partial charge in [0.25, 0.3) is 0 Å². The van der Waals surface area contributed by atoms with Gasteiger partial charge in [-0.2, -0.15) is 0 Å². The number of hydrogen-bond acceptors (Lipinski definition) is 3. The molecule has 0 fully saturated rings. The molecule has 0 saturated carbocycles. The summed E-state index contributed by atoms with van der Waals surface area (Å²) >= 11 is 0. The van der Waals surface area contributed by atoms with Crippen LogP contribution in [0.5, 0.6) is 5.75 Å². The molecule has 4 heteroatoms. The molecule has 0 unspecified atom stereocenters. The monoisotopic (exact) mass is 234 g/mol. The second-order valence-electron chi connectivity index (χ2n) is 4.66. The van der Waals surface area contributed by atoms with E-state index in [0.29, 0.717) is 30.4 Å². The summed E-state index contributed by atoms with van der Waals surface area (Å²) in [6.45, 7) is 4.59. The van der Waals surface area contributed by atoms with E-state index in [4.69, 9.17) is 10.5 Å². The van der Waals surface area contributed by atoms with Gasteiger partial charge >= 0.3 is 0 Å². The molecule has 1 aromatic carbocycles. The zero-order valence-electron chi connectivity index (χ0n) is 10.5. The van der Waals surface area contributed by atoms with E-state index in [1.165, 1.54) is 0 Å². The number of fused-ring (bicyclic) bond motifs is 1. The Morgan fingerprint density at radius 3 is 2.76 bits per heavy atom. The minimum absolute atomic E-state index is 0.0593. The Hall–Kier alpha value is -1.71. The van der Waals surface area contributed by atoms with E-state index in [2.05, 4.69) is 13.8 Å². The van der Waals surface area contributed by atoms with Crippen molar-refractivity contribution in [2.45, 2.75) is 26.2 Å². The Morgan fingerprint density at radius 1 is 1.41 bits per heavy atom. The summed E-state index contributed by atoms with van der Waals surface area (Å²) in [6.07, 6.45) is 0.391. The Morgan fingerprint density at radius 2 is 2.12 bits per heavy atom. The number of anilines is 2. The maximum atomic E-state index is 11.8. The van der Waals surface area contributed by atoms with Gasteiger partial charge in [-0.25, -0.2) is 0 Å². The van der Waals surface area contributed by atoms with E-state index in [1.807, 2.05) is 12.1 Å². The van der Waals surface area contributed by atoms with E-state index >= 15 is 0 Å². The highest BCUT2D eigenvalue weighted by Crippen LogP contribution is 2.38. The van der Waals surface area contributed by atoms with Gasteiger partial charge in [-0.05, 0) is 23.6 Å². The zero-order valence-corrected chi connectivity index (χ0v) is 10.5. The first-order valence-corrected chi connectivity index (χ1v) is 5.83. The topological polar surface area (TPSA) is 55.6 Å². The summed E-state index contributed by atoms with van der Waals surface area (Å²) < 4.78 is 5.57. The quantitative estimate of drug-likeness (QED) is 0.757. The molecule has 0 aromatic heterocycles. The van der Waals surface area contributed by atoms with E-state index in [-0.39, 0.29) is 5.91 Å². The van der Waals surface area contributed by atoms with Gasteiger partial charge in [-0.1, -0.05) is 13.8 Å². The lowest BCUT2D eigenvalue weighted by Crippen LogP contribution is -2.25. The average Bonchev–Trinajstić information content (AvgIpc) is 2.41. The third-order valence-electron chi connectivity index (χ3n) is 3.08. The van der Waals surface area contributed by atoms with Gasteiger partial charge in [0.1, 0.15) is 0 Å². The molecule has 1 aromatic rings. The third-order valence-corrected chi connectivity index (χ3v) is 3.08. The fraction of sp³-hybridized carbons (Fsp3) is 0.462. The predicted octanol–water partition coefficient (Wildman–Crippen LogP) is 2.14. The van der Waals surface area contributed by atoms with E-state index in [0.717, 1.165) is 11.3 Å². The number of nitrogens with zero attached hydrogens (tertiary/aromatic N) is 1. The van der Waals surface area contributed by atoms with Gasteiger partial charge in [0, 0.05) is 7.05 Å². The molecular weight excluding hydrogens is 216 g/mol. The molecule has 1 heterocycles. The second kappa shape index (κ2) is 4.28. The van der Waals surface area contributed by atoms with Crippen LogP contribution in [-0.4, -0.2) is 19.6 Å². The molecular formula is C13H18N2O2. The number of amides is 1. The summed E-state index contributed by atoms with van der Waals surface area (Å²) in [5.74, 6) is 1.06. The van der Waals surface area contributed by atoms with Crippen LogP contribution in [0.1, 0.15) is 31.7 Å². The van der Waals surface area contributed by atoms with Crippen molar-refractivity contribution >= 4 is 17.3 Å². The van der Waals surface area contributed by atoms with Crippen LogP contribution in [0.15, 0.2) is 12.1 Å². The van der Waals surface area contributed by atoms with Crippen LogP contribution < -0.4 is 15.4 Å². The molecule has 1 aliphatic rings. The molecule has 0 spiro atoms. The molecule has 0 saturated heterocycles. The Bertz CT molecular complexity index is 455. The van der Waals surface area contributed by atoms with Crippen molar-refractivity contribution in [1.82, 2.24) is 0 Å². The van der Waals surface area contributed by atoms with Crippen LogP contribution >= 0.6 is 0 Å². The maximum absolute atomic E-state index is 11.8. The van der Waals surface area contributed by atoms with Crippen molar-refractivity contribution in [3.8, 4) is 5.75 Å². The van der Waals surface area contributed by atoms with Gasteiger partial charge in [-0.3, -0.25) is 4.79 Å². The summed E-state index contributed by atoms with van der Waals surface area (Å²) in [5, 5.41) is 0. The first kappa shape index (κ1) is 11.8. The smallest absolute Gasteiger partial charge is 0.230 e. The lowest BCUT2D eigenvalue weighted by Gasteiger charge is -2.20. The van der Waals surface area contributed by atoms with E-state index in [9.17, 15) is 4.79 Å². The Kier molecular flexibility index (Phi) is 2.96. The fourth-order valence-corrected chi connectivity index (χ4v) is 1.94. The minimum Gasteiger partial charge on any atom is -0.489 e. The molecule has 0 aliphatic carbocycles. The Balaban J connectivity index is 2.56. The summed E-state index contributed by atoms with van der Waals surface area (Å²) in [5.41, 5.74) is 8.49. The van der Waals surface area contributed by atoms with Crippen LogP contribution in [0.4, 0.5) is 11.4 Å². The standard InChI is InChI=1S/C13H18N2O2/c1-8(2)9-6-10(14)13-11(7-9)15(3)12(16)4-5-17-13/h6-8H,4-5,14H2,1-3H3. The molecule has 17 heavy (non-hydrogen) atoms. The van der Waals surface area contributed by atoms with Crippen LogP contribution in [0.3, 0.4) is 0 Å². The molecule has 0 bridgehead atoms. The summed E-state index contributed by atoms with van der Waals surface area (Å²) in [6, 6.07) is 3.91. The van der Waals surface area contributed by atoms with Crippen molar-refractivity contribution < 1.29 is 9.53 Å². The van der Waals surface area contributed by atoms with Gasteiger partial charge in [0.05, 0.1) is 24.4 Å². The van der Waals surface area contributed by atoms with Gasteiger partial charge in [0.15, 0.2) is 5.75 Å². The van der Waals surface area contributed by atoms with Crippen molar-refractivity contribution in [3.05, 3.63) is 17.7 Å². The van der Waals surface area contributed by atoms with Crippen LogP contribution in [0.25, 0.3) is 0 Å². The maximum Gasteiger partial charge on any atom is 0.230 e. The SMILES string of the molecule is CC(C)c1cc(N)c2c(c1)N(C)C(=O)CCO2. The number of ether oxygens (including phenoxy) is 1. The van der Waals surface area contributed by atoms with Gasteiger partial charge < -0.3 is 15.4 Å². The molecule has 2 rings (SSSR count). The van der Waals surface area contributed by atoms with Crippen molar-refractivity contribution in [1.29, 1.82) is 0 Å². The van der Waals surface area contributed by atoms with Gasteiger partial charge in [-0.15, -0.1) is 0 Å². The largest absolute Gasteiger partial charge is 0.489 e. The molecule has 0 atom stereocenters. The predicted molar refractivity (Wildman–Crippen MR) is 68.5 cm³/mol. The number of benzene rings is 1. The lowest BCUT2D eigenvalue weighted by atomic mass is 10.0. The Labute approximate surface area is 101 Å². The highest BCUT2D eigenvalue weighted by Gasteiger charge is 2.22. The van der Waals surface area contributed by atoms with Crippen molar-refractivity contribution in [2.24, 2.45) is 0 Å². The highest BCUT2D eigenvalue weighted by atomic mass is 16.5. The zero-order chi connectivity index (χ0) is 12.6. The average molecular weight is 234 g/mol. The normalized spacial score (nSPS) is 15.5. The van der Waals surface area contributed by atoms with E-state index < -0.39 is 0 Å². The number of carbonyl (C=O) groups excluding carboxylic acids is 1. The van der Waals surface area contributed by atoms with Crippen molar-refractivity contribution in [2.75, 3.05) is 24.3 Å². The minimum atomic E-state index is 0.0593. The molecule has 0 radical (unpaired) electrons. The number of carbonyl (C=O) groups is 1. The number of rotatable bonds is 1. The summed E-state index contributed by atoms with van der Waals surface area (Å²) in [7, 11) is 1.76. The van der Waals surface area contributed by atoms with E-state index in [1.54, 1.807) is 11.9 Å². The number of nitrogens with two attached hydrogens (primary N) is 1. The molecule has 4 nitrogen and oxygen atoms in total. The fourth-order valence-electron chi connectivity index (χ4n) is 1.94. The third kappa shape index (κ3) is 2.07. The van der Waals surface area contributed by atoms with Crippen molar-refractivity contribution in [3.63, 3.8) is 0 Å². The highest BCUT2D eigenvalue weighted by molar-refractivity contribution is 5.96. The molecule has 92 valence electrons. The molecule has 1 aliphatic heterocycles. The van der Waals surface area contributed by atoms with Gasteiger partial charge in [0.2, 0.25) is 5.91 Å². The first-order chi connectivity index (χ1) is 8.00. The first-order valence-electron chi connectivity index (χ1n) is 5.83. The van der Waals surface area contributed by atoms with Crippen LogP contribution in [-0.2, 0) is 4.79 Å². The second-order valence-corrected chi connectivity index (χ2v) is 4.66. The molecule has 1 amide bonds. The number of hydrogen-bond donors (Lipinski definition) is 1. The number of nitrogen functional groups attached to an aromatic ring is 1. The summed E-state index contributed by atoms with van der Waals surface area (Å²) in [4.78, 5) is 13.4. The van der Waals surface area contributed by atoms with Crippen LogP contribution in [0, 0.1) is 0 Å². The molecule has 2 N–H and O–H groups in total. The van der Waals surface area contributed by atoms with Crippen LogP contribution in [0.2, 0.25) is 0 Å². The lowest BCUT2D eigenvalue weighted by molar-refractivity contribution is -0.118.